The lowest BCUT2D eigenvalue weighted by molar-refractivity contribution is -0.142. The number of carbonyl (C=O) groups excluding carboxylic acids is 10. The summed E-state index contributed by atoms with van der Waals surface area (Å²) in [6.45, 7) is -0.455. The summed E-state index contributed by atoms with van der Waals surface area (Å²) in [4.78, 5) is 168. The molecule has 3 fully saturated rings. The van der Waals surface area contributed by atoms with Crippen LogP contribution in [0.5, 0.6) is 0 Å². The number of hydrogen-bond donors (Lipinski definition) is 12. The fraction of sp³-hybridized carbons (Fsp3) is 0.521. The number of H-pyrrole nitrogens is 2. The Hall–Kier alpha value is -8.91. The fourth-order valence-electron chi connectivity index (χ4n) is 14.2. The van der Waals surface area contributed by atoms with Gasteiger partial charge in [-0.15, -0.1) is 0 Å². The van der Waals surface area contributed by atoms with Crippen LogP contribution in [0.4, 0.5) is 22.0 Å². The second-order valence-electron chi connectivity index (χ2n) is 27.0. The monoisotopic (exact) mass is 1470 g/mol. The smallest absolute Gasteiger partial charge is 0.416 e. The van der Waals surface area contributed by atoms with Gasteiger partial charge in [0.1, 0.15) is 48.2 Å². The summed E-state index contributed by atoms with van der Waals surface area (Å²) in [6, 6.07) is 4.31. The van der Waals surface area contributed by atoms with Crippen LogP contribution in [0, 0.1) is 29.5 Å². The minimum Gasteiger partial charge on any atom is -0.481 e. The number of carbonyl (C=O) groups is 11. The molecule has 9 amide bonds. The largest absolute Gasteiger partial charge is 0.481 e. The van der Waals surface area contributed by atoms with Crippen LogP contribution in [0.15, 0.2) is 85.5 Å². The number of nitrogens with two attached hydrogens (primary N) is 2. The number of aromatic nitrogens is 3. The molecule has 1 saturated heterocycles. The number of primary amides is 1. The van der Waals surface area contributed by atoms with Gasteiger partial charge >= 0.3 is 12.1 Å². The molecule has 32 heteroatoms. The predicted octanol–water partition coefficient (Wildman–Crippen LogP) is 4.88. The number of hydrogen-bond acceptors (Lipinski definition) is 15. The predicted molar refractivity (Wildman–Crippen MR) is 373 cm³/mol. The molecule has 4 heterocycles. The number of alkyl halides is 4. The second kappa shape index (κ2) is 37.0. The van der Waals surface area contributed by atoms with Crippen molar-refractivity contribution in [2.24, 2.45) is 35.1 Å². The van der Waals surface area contributed by atoms with Crippen LogP contribution in [0.25, 0.3) is 10.9 Å². The highest BCUT2D eigenvalue weighted by atomic mass is 32.2. The van der Waals surface area contributed by atoms with Gasteiger partial charge in [-0.05, 0) is 148 Å². The number of unbranched alkanes of at least 4 members (excludes halogenated alkanes) is 1. The Balaban J connectivity index is 1.05. The number of nitrogens with zero attached hydrogens (tertiary/aromatic N) is 2. The zero-order chi connectivity index (χ0) is 73.9. The number of imidazole rings is 1. The Kier molecular flexibility index (Phi) is 28.1. The van der Waals surface area contributed by atoms with Crippen LogP contribution in [0.2, 0.25) is 0 Å². The minimum absolute atomic E-state index is 0.00764. The lowest BCUT2D eigenvalue weighted by Crippen LogP contribution is -2.60. The number of Topliss-reactive ketones (excluding diaryl/α,β-unsaturated/α-hetero) is 1. The van der Waals surface area contributed by atoms with E-state index in [1.54, 1.807) is 0 Å². The third-order valence-electron chi connectivity index (χ3n) is 19.5. The first kappa shape index (κ1) is 78.2. The molecule has 0 spiro atoms. The molecule has 5 aromatic rings. The maximum absolute atomic E-state index is 15.3. The van der Waals surface area contributed by atoms with E-state index < -0.39 is 169 Å². The number of nitrogens with one attached hydrogen (secondary N) is 9. The van der Waals surface area contributed by atoms with E-state index >= 15 is 18.8 Å². The molecule has 2 aliphatic carbocycles. The number of carboxylic acid groups (broad SMARTS) is 1. The third-order valence-corrected chi connectivity index (χ3v) is 21.7. The van der Waals surface area contributed by atoms with E-state index in [1.807, 2.05) is 24.3 Å². The molecular formula is C71H88F5N13O12S2. The Morgan fingerprint density at radius 3 is 2.10 bits per heavy atom. The first-order valence-electron chi connectivity index (χ1n) is 34.7. The number of rotatable bonds is 15. The summed E-state index contributed by atoms with van der Waals surface area (Å²) in [7, 11) is 0. The van der Waals surface area contributed by atoms with Gasteiger partial charge in [0, 0.05) is 90.7 Å². The van der Waals surface area contributed by atoms with Crippen molar-refractivity contribution in [3.8, 4) is 0 Å². The van der Waals surface area contributed by atoms with Crippen molar-refractivity contribution in [3.63, 3.8) is 0 Å². The van der Waals surface area contributed by atoms with Crippen molar-refractivity contribution in [1.29, 1.82) is 0 Å². The number of ketones is 1. The van der Waals surface area contributed by atoms with Gasteiger partial charge in [-0.3, -0.25) is 52.7 Å². The van der Waals surface area contributed by atoms with E-state index in [0.29, 0.717) is 85.2 Å². The number of carboxylic acids is 1. The molecular weight excluding hydrogens is 1390 g/mol. The number of benzene rings is 3. The molecule has 4 aliphatic rings. The summed E-state index contributed by atoms with van der Waals surface area (Å²) in [5.41, 5.74) is 13.6. The molecule has 103 heavy (non-hydrogen) atoms. The van der Waals surface area contributed by atoms with Crippen LogP contribution in [-0.2, 0) is 89.7 Å². The van der Waals surface area contributed by atoms with Crippen molar-refractivity contribution in [2.45, 2.75) is 175 Å². The summed E-state index contributed by atoms with van der Waals surface area (Å²) in [6.07, 6.45) is -1.08. The van der Waals surface area contributed by atoms with Crippen LogP contribution in [-0.4, -0.2) is 169 Å². The molecule has 556 valence electrons. The fourth-order valence-corrected chi connectivity index (χ4v) is 16.2. The quantitative estimate of drug-likeness (QED) is 0.0491. The highest BCUT2D eigenvalue weighted by Gasteiger charge is 2.45. The van der Waals surface area contributed by atoms with E-state index in [2.05, 4.69) is 52.2 Å². The van der Waals surface area contributed by atoms with Gasteiger partial charge in [-0.2, -0.15) is 36.7 Å². The zero-order valence-corrected chi connectivity index (χ0v) is 58.3. The van der Waals surface area contributed by atoms with E-state index in [1.165, 1.54) is 65.3 Å². The van der Waals surface area contributed by atoms with Crippen LogP contribution >= 0.6 is 23.5 Å². The molecule has 4 unspecified atom stereocenters. The summed E-state index contributed by atoms with van der Waals surface area (Å²) in [5, 5.41) is 29.0. The third kappa shape index (κ3) is 22.5. The van der Waals surface area contributed by atoms with Crippen molar-refractivity contribution < 1.29 is 79.8 Å². The maximum Gasteiger partial charge on any atom is 0.416 e. The molecule has 9 rings (SSSR count). The SMILES string of the molecule is NCCCC[C@@H]1NC(=O)CCSCc2cccc(c2)CSC[C@@H](C(N)=O)CC(=O)[C@@H]2CCCN2C(=O)[C@H](Cc2ccc(C(F)(F)F)cc2)NC(=O)[C@H](Cc2cnc[nH]2)NC(=O)[C@H](CC(=O)O)NC(=O)[C@H](CC2CCC3CCC(F)CC32)NC(=O)[C@H](Cc2c[nH]c3ccc(F)cc23)NC(=O)CNC1=O. The van der Waals surface area contributed by atoms with Crippen LogP contribution in [0.1, 0.15) is 123 Å². The van der Waals surface area contributed by atoms with Crippen molar-refractivity contribution in [3.05, 3.63) is 125 Å². The van der Waals surface area contributed by atoms with Gasteiger partial charge < -0.3 is 68.7 Å². The van der Waals surface area contributed by atoms with Gasteiger partial charge in [0.15, 0.2) is 5.78 Å². The standard InChI is InChI=1S/C71H88F5N13O12S2/c72-47-16-13-42-11-12-43(50(42)28-47)25-55-67(98)87-57(31-63(93)94)69(100)86-56(30-49-33-79-38-82-49)68(99)88-58(24-39-9-14-46(15-10-39)71(74,75)76)70(101)89-21-4-8-59(89)60(90)27-45(64(78)95)37-103-36-41-6-3-5-40(23-41)35-102-22-19-61(91)83-53(7-1-2-20-77)65(96)81-34-62(92)84-54(66(97)85-55)26-44-32-80-52-18-17-48(73)29-51(44)52/h3,5-6,9-10,14-15,17-18,23,29,32-33,38,42-43,45,47,50,53-59,80H,1-2,4,7-8,11-13,16,19-22,24-28,30-31,34-37,77H2,(H2,78,95)(H,79,82)(H,81,96)(H,83,91)(H,84,92)(H,85,97)(H,86,100)(H,87,98)(H,88,99)(H,93,94)/t42?,43?,45-,47?,50?,53-,54-,55-,56-,57-,58-,59-/m0/s1. The van der Waals surface area contributed by atoms with Gasteiger partial charge in [0.05, 0.1) is 36.8 Å². The van der Waals surface area contributed by atoms with Gasteiger partial charge in [0.2, 0.25) is 53.2 Å². The number of amides is 9. The second-order valence-corrected chi connectivity index (χ2v) is 29.1. The van der Waals surface area contributed by atoms with E-state index in [-0.39, 0.29) is 80.3 Å². The minimum atomic E-state index is -4.74. The van der Waals surface area contributed by atoms with Crippen molar-refractivity contribution >= 4 is 99.3 Å². The number of thioether (sulfide) groups is 2. The molecule has 2 aromatic heterocycles. The average molecular weight is 1470 g/mol. The molecule has 2 saturated carbocycles. The molecule has 0 radical (unpaired) electrons. The van der Waals surface area contributed by atoms with E-state index in [4.69, 9.17) is 11.5 Å². The van der Waals surface area contributed by atoms with E-state index in [0.717, 1.165) is 35.4 Å². The van der Waals surface area contributed by atoms with Gasteiger partial charge in [-0.25, -0.2) is 13.8 Å². The molecule has 2 bridgehead atoms. The lowest BCUT2D eigenvalue weighted by atomic mass is 9.75. The summed E-state index contributed by atoms with van der Waals surface area (Å²) < 4.78 is 71.7. The summed E-state index contributed by atoms with van der Waals surface area (Å²) >= 11 is 2.80. The number of halogens is 5. The number of aromatic amines is 2. The number of fused-ring (bicyclic) bond motifs is 5. The van der Waals surface area contributed by atoms with Gasteiger partial charge in [-0.1, -0.05) is 36.4 Å². The highest BCUT2D eigenvalue weighted by Crippen LogP contribution is 2.48. The Labute approximate surface area is 599 Å². The topological polar surface area (TPSA) is 392 Å². The molecule has 3 aromatic carbocycles. The normalized spacial score (nSPS) is 26.3. The summed E-state index contributed by atoms with van der Waals surface area (Å²) in [5.74, 6) is -11.2. The van der Waals surface area contributed by atoms with Crippen molar-refractivity contribution in [2.75, 3.05) is 31.1 Å². The van der Waals surface area contributed by atoms with Crippen molar-refractivity contribution in [1.82, 2.24) is 57.1 Å². The first-order valence-corrected chi connectivity index (χ1v) is 37.0. The Morgan fingerprint density at radius 2 is 1.39 bits per heavy atom. The molecule has 14 N–H and O–H groups in total. The highest BCUT2D eigenvalue weighted by molar-refractivity contribution is 7.98. The van der Waals surface area contributed by atoms with Gasteiger partial charge in [0.25, 0.3) is 0 Å². The van der Waals surface area contributed by atoms with Crippen LogP contribution in [0.3, 0.4) is 0 Å². The Morgan fingerprint density at radius 1 is 0.709 bits per heavy atom. The van der Waals surface area contributed by atoms with E-state index in [9.17, 15) is 61.0 Å². The van der Waals surface area contributed by atoms with Crippen LogP contribution < -0.4 is 48.7 Å². The average Bonchev–Trinajstić information content (AvgIpc) is 1.74. The Bertz CT molecular complexity index is 3830. The molecule has 2 aliphatic heterocycles. The first-order chi connectivity index (χ1) is 49.3. The number of aliphatic carboxylic acids is 1. The zero-order valence-electron chi connectivity index (χ0n) is 56.7. The lowest BCUT2D eigenvalue weighted by Gasteiger charge is -2.33. The molecule has 25 nitrogen and oxygen atoms in total. The molecule has 12 atom stereocenters. The maximum atomic E-state index is 15.3.